The lowest BCUT2D eigenvalue weighted by Crippen LogP contribution is -2.66. The van der Waals surface area contributed by atoms with Crippen LogP contribution in [0, 0.1) is 24.7 Å². The molecule has 3 rings (SSSR count). The van der Waals surface area contributed by atoms with Crippen LogP contribution in [-0.2, 0) is 20.8 Å². The van der Waals surface area contributed by atoms with Crippen LogP contribution in [0.25, 0.3) is 0 Å². The van der Waals surface area contributed by atoms with Crippen molar-refractivity contribution in [1.29, 1.82) is 0 Å². The van der Waals surface area contributed by atoms with Gasteiger partial charge >= 0.3 is 12.1 Å². The molecule has 2 fully saturated rings. The number of carbonyl (C=O) groups excluding carboxylic acids is 2. The number of hydrogen-bond acceptors (Lipinski definition) is 3. The highest BCUT2D eigenvalue weighted by Crippen LogP contribution is 2.43. The number of likely N-dealkylation sites (tertiary alicyclic amines) is 1. The van der Waals surface area contributed by atoms with Crippen LogP contribution in [-0.4, -0.2) is 40.0 Å². The number of nitrogens with zero attached hydrogens (tertiary/aromatic N) is 1. The molecule has 0 radical (unpaired) electrons. The van der Waals surface area contributed by atoms with E-state index in [0.29, 0.717) is 37.0 Å². The molecule has 0 unspecified atom stereocenters. The van der Waals surface area contributed by atoms with Gasteiger partial charge in [0, 0.05) is 6.42 Å². The van der Waals surface area contributed by atoms with Gasteiger partial charge in [0.05, 0.1) is 11.8 Å². The largest absolute Gasteiger partial charge is 0.480 e. The van der Waals surface area contributed by atoms with Crippen molar-refractivity contribution in [2.24, 2.45) is 17.8 Å². The van der Waals surface area contributed by atoms with Gasteiger partial charge in [-0.1, -0.05) is 49.1 Å². The van der Waals surface area contributed by atoms with Gasteiger partial charge in [0.15, 0.2) is 0 Å². The van der Waals surface area contributed by atoms with Gasteiger partial charge in [-0.25, -0.2) is 4.79 Å². The number of β-lactam (4-membered cyclic amide) rings is 1. The molecule has 1 heterocycles. The Morgan fingerprint density at radius 2 is 1.87 bits per heavy atom. The van der Waals surface area contributed by atoms with E-state index in [1.54, 1.807) is 0 Å². The molecule has 0 aromatic heterocycles. The number of imide groups is 1. The number of aryl methyl sites for hydroxylation is 2. The molecular weight excluding hydrogens is 411 g/mol. The summed E-state index contributed by atoms with van der Waals surface area (Å²) in [7, 11) is 0. The van der Waals surface area contributed by atoms with Crippen LogP contribution < -0.4 is 0 Å². The Bertz CT molecular complexity index is 832. The molecule has 5 nitrogen and oxygen atoms in total. The first kappa shape index (κ1) is 23.3. The van der Waals surface area contributed by atoms with E-state index < -0.39 is 54.2 Å². The van der Waals surface area contributed by atoms with Crippen molar-refractivity contribution in [3.8, 4) is 0 Å². The second-order valence-corrected chi connectivity index (χ2v) is 8.77. The van der Waals surface area contributed by atoms with E-state index >= 15 is 0 Å². The minimum atomic E-state index is -4.56. The summed E-state index contributed by atoms with van der Waals surface area (Å²) in [4.78, 5) is 37.5. The quantitative estimate of drug-likeness (QED) is 0.634. The maximum Gasteiger partial charge on any atom is 0.392 e. The Balaban J connectivity index is 1.68. The molecular formula is C23H28F3NO4. The standard InChI is InChI=1S/C23H28F3NO4/c1-14-6-5-7-15(12-14)10-11-17-20(22(30)31)27(21(17)29)19(28)13-18(23(24,25)26)16-8-3-2-4-9-16/h5-7,12,16-18,20H,2-4,8-11,13H2,1H3,(H,30,31)/t17-,18+,20+/m1/s1. The number of aliphatic carboxylic acids is 1. The number of alkyl halides is 3. The Morgan fingerprint density at radius 1 is 1.19 bits per heavy atom. The van der Waals surface area contributed by atoms with Crippen molar-refractivity contribution in [2.75, 3.05) is 0 Å². The van der Waals surface area contributed by atoms with Crippen LogP contribution in [0.1, 0.15) is 56.1 Å². The van der Waals surface area contributed by atoms with Crippen LogP contribution in [0.2, 0.25) is 0 Å². The molecule has 1 saturated heterocycles. The summed E-state index contributed by atoms with van der Waals surface area (Å²) < 4.78 is 40.9. The van der Waals surface area contributed by atoms with Crippen LogP contribution >= 0.6 is 0 Å². The summed E-state index contributed by atoms with van der Waals surface area (Å²) in [5.41, 5.74) is 1.97. The van der Waals surface area contributed by atoms with E-state index in [-0.39, 0.29) is 6.42 Å². The number of hydrogen-bond donors (Lipinski definition) is 1. The lowest BCUT2D eigenvalue weighted by molar-refractivity contribution is -0.200. The Labute approximate surface area is 179 Å². The number of carbonyl (C=O) groups is 3. The smallest absolute Gasteiger partial charge is 0.392 e. The Kier molecular flexibility index (Phi) is 7.06. The second kappa shape index (κ2) is 9.40. The van der Waals surface area contributed by atoms with Crippen LogP contribution in [0.4, 0.5) is 13.2 Å². The minimum absolute atomic E-state index is 0.231. The summed E-state index contributed by atoms with van der Waals surface area (Å²) >= 11 is 0. The van der Waals surface area contributed by atoms with Crippen LogP contribution in [0.5, 0.6) is 0 Å². The SMILES string of the molecule is Cc1cccc(CC[C@H]2C(=O)N(C(=O)C[C@@H](C3CCCCC3)C(F)(F)F)[C@@H]2C(=O)O)c1. The molecule has 8 heteroatoms. The minimum Gasteiger partial charge on any atom is -0.480 e. The molecule has 0 bridgehead atoms. The highest BCUT2D eigenvalue weighted by molar-refractivity contribution is 6.08. The van der Waals surface area contributed by atoms with Gasteiger partial charge in [0.2, 0.25) is 11.8 Å². The average molecular weight is 439 g/mol. The molecule has 0 spiro atoms. The molecule has 1 aliphatic heterocycles. The van der Waals surface area contributed by atoms with E-state index in [1.165, 1.54) is 0 Å². The number of carboxylic acid groups (broad SMARTS) is 1. The second-order valence-electron chi connectivity index (χ2n) is 8.77. The number of amides is 2. The maximum atomic E-state index is 13.6. The number of halogens is 3. The third-order valence-corrected chi connectivity index (χ3v) is 6.60. The maximum absolute atomic E-state index is 13.6. The van der Waals surface area contributed by atoms with Crippen molar-refractivity contribution >= 4 is 17.8 Å². The first-order valence-corrected chi connectivity index (χ1v) is 10.8. The fraction of sp³-hybridized carbons (Fsp3) is 0.609. The predicted molar refractivity (Wildman–Crippen MR) is 107 cm³/mol. The molecule has 31 heavy (non-hydrogen) atoms. The lowest BCUT2D eigenvalue weighted by atomic mass is 9.77. The highest BCUT2D eigenvalue weighted by atomic mass is 19.4. The molecule has 170 valence electrons. The van der Waals surface area contributed by atoms with Gasteiger partial charge in [-0.15, -0.1) is 0 Å². The first-order chi connectivity index (χ1) is 14.6. The van der Waals surface area contributed by atoms with Gasteiger partial charge in [0.25, 0.3) is 0 Å². The normalized spacial score (nSPS) is 23.4. The van der Waals surface area contributed by atoms with Crippen molar-refractivity contribution in [2.45, 2.75) is 70.5 Å². The van der Waals surface area contributed by atoms with E-state index in [9.17, 15) is 32.7 Å². The molecule has 2 aliphatic rings. The Hall–Kier alpha value is -2.38. The molecule has 1 aromatic rings. The van der Waals surface area contributed by atoms with E-state index in [1.807, 2.05) is 31.2 Å². The Morgan fingerprint density at radius 3 is 2.45 bits per heavy atom. The molecule has 1 N–H and O–H groups in total. The first-order valence-electron chi connectivity index (χ1n) is 10.8. The summed E-state index contributed by atoms with van der Waals surface area (Å²) in [5, 5.41) is 9.56. The predicted octanol–water partition coefficient (Wildman–Crippen LogP) is 4.51. The molecule has 1 aromatic carbocycles. The zero-order valence-electron chi connectivity index (χ0n) is 17.5. The molecule has 1 saturated carbocycles. The lowest BCUT2D eigenvalue weighted by Gasteiger charge is -2.44. The van der Waals surface area contributed by atoms with Crippen molar-refractivity contribution in [3.63, 3.8) is 0 Å². The fourth-order valence-electron chi connectivity index (χ4n) is 4.95. The zero-order valence-corrected chi connectivity index (χ0v) is 17.5. The third-order valence-electron chi connectivity index (χ3n) is 6.60. The van der Waals surface area contributed by atoms with Gasteiger partial charge < -0.3 is 5.11 Å². The number of carboxylic acids is 1. The average Bonchev–Trinajstić information content (AvgIpc) is 2.69. The third kappa shape index (κ3) is 5.28. The summed E-state index contributed by atoms with van der Waals surface area (Å²) in [5.74, 6) is -6.47. The van der Waals surface area contributed by atoms with E-state index in [0.717, 1.165) is 17.5 Å². The van der Waals surface area contributed by atoms with Gasteiger partial charge in [-0.3, -0.25) is 14.5 Å². The topological polar surface area (TPSA) is 74.7 Å². The molecule has 3 atom stereocenters. The van der Waals surface area contributed by atoms with Crippen molar-refractivity contribution in [1.82, 2.24) is 4.90 Å². The van der Waals surface area contributed by atoms with Gasteiger partial charge in [0.1, 0.15) is 6.04 Å². The summed E-state index contributed by atoms with van der Waals surface area (Å²) in [6.45, 7) is 1.92. The zero-order chi connectivity index (χ0) is 22.8. The number of benzene rings is 1. The van der Waals surface area contributed by atoms with E-state index in [4.69, 9.17) is 0 Å². The van der Waals surface area contributed by atoms with Crippen LogP contribution in [0.3, 0.4) is 0 Å². The van der Waals surface area contributed by atoms with Gasteiger partial charge in [-0.2, -0.15) is 13.2 Å². The highest BCUT2D eigenvalue weighted by Gasteiger charge is 2.56. The van der Waals surface area contributed by atoms with Crippen LogP contribution in [0.15, 0.2) is 24.3 Å². The van der Waals surface area contributed by atoms with Crippen molar-refractivity contribution in [3.05, 3.63) is 35.4 Å². The number of rotatable bonds is 7. The fourth-order valence-corrected chi connectivity index (χ4v) is 4.95. The van der Waals surface area contributed by atoms with E-state index in [2.05, 4.69) is 0 Å². The molecule has 2 amide bonds. The van der Waals surface area contributed by atoms with Gasteiger partial charge in [-0.05, 0) is 44.1 Å². The van der Waals surface area contributed by atoms with Crippen molar-refractivity contribution < 1.29 is 32.7 Å². The molecule has 1 aliphatic carbocycles. The monoisotopic (exact) mass is 439 g/mol. The summed E-state index contributed by atoms with van der Waals surface area (Å²) in [6.07, 6.45) is -1.70. The summed E-state index contributed by atoms with van der Waals surface area (Å²) in [6, 6.07) is 6.18.